The summed E-state index contributed by atoms with van der Waals surface area (Å²) in [6.07, 6.45) is 5.11. The van der Waals surface area contributed by atoms with Crippen molar-refractivity contribution in [1.29, 1.82) is 0 Å². The van der Waals surface area contributed by atoms with E-state index in [1.807, 2.05) is 12.1 Å². The van der Waals surface area contributed by atoms with Gasteiger partial charge in [0.15, 0.2) is 0 Å². The van der Waals surface area contributed by atoms with E-state index >= 15 is 0 Å². The van der Waals surface area contributed by atoms with Crippen LogP contribution in [0.25, 0.3) is 0 Å². The SMILES string of the molecule is CN(c1cccc(O)c1)C1CC2CCC(C1)N2. The third kappa shape index (κ3) is 2.12. The second-order valence-corrected chi connectivity index (χ2v) is 5.39. The lowest BCUT2D eigenvalue weighted by Gasteiger charge is -2.37. The summed E-state index contributed by atoms with van der Waals surface area (Å²) in [6.45, 7) is 0. The average Bonchev–Trinajstić information content (AvgIpc) is 2.67. The van der Waals surface area contributed by atoms with Crippen LogP contribution in [0.1, 0.15) is 25.7 Å². The summed E-state index contributed by atoms with van der Waals surface area (Å²) in [5, 5.41) is 13.2. The number of hydrogen-bond donors (Lipinski definition) is 2. The molecule has 2 N–H and O–H groups in total. The van der Waals surface area contributed by atoms with E-state index in [9.17, 15) is 5.11 Å². The average molecular weight is 232 g/mol. The van der Waals surface area contributed by atoms with Gasteiger partial charge in [-0.15, -0.1) is 0 Å². The van der Waals surface area contributed by atoms with E-state index in [4.69, 9.17) is 0 Å². The van der Waals surface area contributed by atoms with Crippen LogP contribution in [0.4, 0.5) is 5.69 Å². The molecule has 2 bridgehead atoms. The van der Waals surface area contributed by atoms with Gasteiger partial charge in [-0.2, -0.15) is 0 Å². The predicted octanol–water partition coefficient (Wildman–Crippen LogP) is 2.11. The number of fused-ring (bicyclic) bond motifs is 2. The fraction of sp³-hybridized carbons (Fsp3) is 0.571. The Balaban J connectivity index is 1.76. The zero-order chi connectivity index (χ0) is 11.8. The van der Waals surface area contributed by atoms with E-state index in [2.05, 4.69) is 23.3 Å². The van der Waals surface area contributed by atoms with Crippen LogP contribution in [-0.4, -0.2) is 30.3 Å². The summed E-state index contributed by atoms with van der Waals surface area (Å²) in [5.74, 6) is 0.353. The van der Waals surface area contributed by atoms with E-state index in [1.54, 1.807) is 6.07 Å². The Labute approximate surface area is 102 Å². The molecule has 2 fully saturated rings. The van der Waals surface area contributed by atoms with Crippen LogP contribution in [0.3, 0.4) is 0 Å². The maximum Gasteiger partial charge on any atom is 0.117 e. The molecule has 1 aromatic carbocycles. The third-order valence-corrected chi connectivity index (χ3v) is 4.23. The fourth-order valence-corrected chi connectivity index (χ4v) is 3.27. The molecule has 3 nitrogen and oxygen atoms in total. The van der Waals surface area contributed by atoms with Crippen molar-refractivity contribution >= 4 is 5.69 Å². The largest absolute Gasteiger partial charge is 0.508 e. The highest BCUT2D eigenvalue weighted by atomic mass is 16.3. The van der Waals surface area contributed by atoms with E-state index < -0.39 is 0 Å². The number of phenolic OH excluding ortho intramolecular Hbond substituents is 1. The topological polar surface area (TPSA) is 35.5 Å². The molecule has 1 aromatic rings. The Hall–Kier alpha value is -1.22. The normalized spacial score (nSPS) is 31.5. The van der Waals surface area contributed by atoms with Crippen LogP contribution >= 0.6 is 0 Å². The molecule has 2 unspecified atom stereocenters. The van der Waals surface area contributed by atoms with Crippen molar-refractivity contribution in [2.75, 3.05) is 11.9 Å². The highest BCUT2D eigenvalue weighted by Gasteiger charge is 2.35. The van der Waals surface area contributed by atoms with E-state index in [0.717, 1.165) is 5.69 Å². The van der Waals surface area contributed by atoms with Crippen LogP contribution in [0.5, 0.6) is 5.75 Å². The first kappa shape index (κ1) is 10.9. The van der Waals surface area contributed by atoms with Gasteiger partial charge < -0.3 is 15.3 Å². The molecule has 0 radical (unpaired) electrons. The Morgan fingerprint density at radius 3 is 2.59 bits per heavy atom. The van der Waals surface area contributed by atoms with Crippen molar-refractivity contribution in [2.24, 2.45) is 0 Å². The van der Waals surface area contributed by atoms with Gasteiger partial charge in [-0.05, 0) is 37.8 Å². The molecule has 3 heteroatoms. The summed E-state index contributed by atoms with van der Waals surface area (Å²) < 4.78 is 0. The van der Waals surface area contributed by atoms with Crippen LogP contribution in [-0.2, 0) is 0 Å². The lowest BCUT2D eigenvalue weighted by molar-refractivity contribution is 0.354. The molecule has 17 heavy (non-hydrogen) atoms. The Morgan fingerprint density at radius 1 is 1.24 bits per heavy atom. The predicted molar refractivity (Wildman–Crippen MR) is 69.5 cm³/mol. The van der Waals surface area contributed by atoms with Crippen molar-refractivity contribution in [1.82, 2.24) is 5.32 Å². The molecule has 3 rings (SSSR count). The van der Waals surface area contributed by atoms with Crippen LogP contribution < -0.4 is 10.2 Å². The number of nitrogens with one attached hydrogen (secondary N) is 1. The lowest BCUT2D eigenvalue weighted by atomic mass is 9.98. The first-order valence-electron chi connectivity index (χ1n) is 6.50. The molecule has 92 valence electrons. The number of hydrogen-bond acceptors (Lipinski definition) is 3. The summed E-state index contributed by atoms with van der Waals surface area (Å²) in [6, 6.07) is 9.58. The molecule has 2 atom stereocenters. The number of rotatable bonds is 2. The van der Waals surface area contributed by atoms with Gasteiger partial charge in [0.25, 0.3) is 0 Å². The summed E-state index contributed by atoms with van der Waals surface area (Å²) in [4.78, 5) is 2.33. The number of benzene rings is 1. The van der Waals surface area contributed by atoms with Gasteiger partial charge in [-0.3, -0.25) is 0 Å². The number of phenols is 1. The Kier molecular flexibility index (Phi) is 2.71. The fourth-order valence-electron chi connectivity index (χ4n) is 3.27. The molecule has 2 aliphatic heterocycles. The van der Waals surface area contributed by atoms with Gasteiger partial charge >= 0.3 is 0 Å². The maximum absolute atomic E-state index is 9.54. The van der Waals surface area contributed by atoms with Gasteiger partial charge in [-0.1, -0.05) is 6.07 Å². The second kappa shape index (κ2) is 4.22. The molecule has 2 aliphatic rings. The maximum atomic E-state index is 9.54. The monoisotopic (exact) mass is 232 g/mol. The molecular formula is C14H20N2O. The van der Waals surface area contributed by atoms with Crippen LogP contribution in [0.2, 0.25) is 0 Å². The van der Waals surface area contributed by atoms with Crippen LogP contribution in [0.15, 0.2) is 24.3 Å². The minimum Gasteiger partial charge on any atom is -0.508 e. The third-order valence-electron chi connectivity index (χ3n) is 4.23. The second-order valence-electron chi connectivity index (χ2n) is 5.39. The van der Waals surface area contributed by atoms with Crippen molar-refractivity contribution in [3.8, 4) is 5.75 Å². The van der Waals surface area contributed by atoms with Crippen molar-refractivity contribution in [3.05, 3.63) is 24.3 Å². The minimum absolute atomic E-state index is 0.353. The molecule has 0 aromatic heterocycles. The summed E-state index contributed by atoms with van der Waals surface area (Å²) >= 11 is 0. The molecule has 0 saturated carbocycles. The van der Waals surface area contributed by atoms with E-state index in [1.165, 1.54) is 25.7 Å². The number of aromatic hydroxyl groups is 1. The number of anilines is 1. The van der Waals surface area contributed by atoms with Gasteiger partial charge in [0.2, 0.25) is 0 Å². The standard InChI is InChI=1S/C14H20N2O/c1-16(12-3-2-4-14(17)9-12)13-7-10-5-6-11(8-13)15-10/h2-4,9-11,13,15,17H,5-8H2,1H3. The first-order chi connectivity index (χ1) is 8.22. The molecule has 0 aliphatic carbocycles. The number of piperidine rings is 1. The molecule has 2 saturated heterocycles. The molecule has 2 heterocycles. The summed E-state index contributed by atoms with van der Waals surface area (Å²) in [5.41, 5.74) is 1.12. The minimum atomic E-state index is 0.353. The zero-order valence-electron chi connectivity index (χ0n) is 10.3. The molecule has 0 spiro atoms. The smallest absolute Gasteiger partial charge is 0.117 e. The van der Waals surface area contributed by atoms with Crippen molar-refractivity contribution < 1.29 is 5.11 Å². The van der Waals surface area contributed by atoms with Crippen molar-refractivity contribution in [3.63, 3.8) is 0 Å². The highest BCUT2D eigenvalue weighted by Crippen LogP contribution is 2.32. The number of nitrogens with zero attached hydrogens (tertiary/aromatic N) is 1. The van der Waals surface area contributed by atoms with Crippen LogP contribution in [0, 0.1) is 0 Å². The van der Waals surface area contributed by atoms with Gasteiger partial charge in [0, 0.05) is 36.9 Å². The zero-order valence-corrected chi connectivity index (χ0v) is 10.3. The molecule has 0 amide bonds. The van der Waals surface area contributed by atoms with Gasteiger partial charge in [0.05, 0.1) is 0 Å². The Morgan fingerprint density at radius 2 is 1.94 bits per heavy atom. The quantitative estimate of drug-likeness (QED) is 0.820. The van der Waals surface area contributed by atoms with Crippen molar-refractivity contribution in [2.45, 2.75) is 43.8 Å². The van der Waals surface area contributed by atoms with Gasteiger partial charge in [-0.25, -0.2) is 0 Å². The van der Waals surface area contributed by atoms with E-state index in [-0.39, 0.29) is 0 Å². The van der Waals surface area contributed by atoms with Gasteiger partial charge in [0.1, 0.15) is 5.75 Å². The summed E-state index contributed by atoms with van der Waals surface area (Å²) in [7, 11) is 2.14. The lowest BCUT2D eigenvalue weighted by Crippen LogP contribution is -2.47. The first-order valence-corrected chi connectivity index (χ1v) is 6.50. The molecular weight excluding hydrogens is 212 g/mol. The van der Waals surface area contributed by atoms with E-state index in [0.29, 0.717) is 23.9 Å². The Bertz CT molecular complexity index is 395. The highest BCUT2D eigenvalue weighted by molar-refractivity contribution is 5.50.